The molecule has 1 aliphatic rings. The number of carbonyl (C=O) groups excluding carboxylic acids is 3. The van der Waals surface area contributed by atoms with E-state index in [0.717, 1.165) is 24.2 Å². The summed E-state index contributed by atoms with van der Waals surface area (Å²) in [5.74, 6) is -1.61. The van der Waals surface area contributed by atoms with Crippen LogP contribution in [0.25, 0.3) is 0 Å². The summed E-state index contributed by atoms with van der Waals surface area (Å²) in [5, 5.41) is 5.75. The monoisotopic (exact) mass is 507 g/mol. The molecule has 0 bridgehead atoms. The van der Waals surface area contributed by atoms with Crippen LogP contribution in [0.5, 0.6) is 0 Å². The van der Waals surface area contributed by atoms with Crippen molar-refractivity contribution in [3.63, 3.8) is 0 Å². The average Bonchev–Trinajstić information content (AvgIpc) is 3.07. The van der Waals surface area contributed by atoms with Crippen LogP contribution < -0.4 is 15.5 Å². The maximum Gasteiger partial charge on any atom is 0.283 e. The van der Waals surface area contributed by atoms with Crippen molar-refractivity contribution < 1.29 is 14.4 Å². The summed E-state index contributed by atoms with van der Waals surface area (Å²) in [6.07, 6.45) is 3.25. The third kappa shape index (κ3) is 5.39. The highest BCUT2D eigenvalue weighted by molar-refractivity contribution is 6.53. The third-order valence-corrected chi connectivity index (χ3v) is 6.22. The van der Waals surface area contributed by atoms with E-state index in [-0.39, 0.29) is 27.3 Å². The van der Waals surface area contributed by atoms with E-state index < -0.39 is 11.8 Å². The van der Waals surface area contributed by atoms with Crippen molar-refractivity contribution in [2.45, 2.75) is 26.2 Å². The zero-order valence-electron chi connectivity index (χ0n) is 19.0. The van der Waals surface area contributed by atoms with Crippen LogP contribution in [0, 0.1) is 0 Å². The van der Waals surface area contributed by atoms with Crippen molar-refractivity contribution in [2.75, 3.05) is 15.5 Å². The Balaban J connectivity index is 1.48. The Hall–Kier alpha value is -3.61. The first-order chi connectivity index (χ1) is 16.9. The van der Waals surface area contributed by atoms with E-state index in [1.807, 2.05) is 24.3 Å². The molecular formula is C27H23Cl2N3O3. The molecule has 1 aliphatic heterocycles. The molecule has 4 rings (SSSR count). The Kier molecular flexibility index (Phi) is 7.54. The molecule has 0 spiro atoms. The molecule has 6 nitrogen and oxygen atoms in total. The minimum Gasteiger partial charge on any atom is -0.350 e. The zero-order valence-corrected chi connectivity index (χ0v) is 20.5. The highest BCUT2D eigenvalue weighted by atomic mass is 35.5. The molecule has 35 heavy (non-hydrogen) atoms. The summed E-state index contributed by atoms with van der Waals surface area (Å²) in [7, 11) is 0. The first-order valence-corrected chi connectivity index (χ1v) is 11.9. The van der Waals surface area contributed by atoms with Crippen molar-refractivity contribution in [2.24, 2.45) is 0 Å². The van der Waals surface area contributed by atoms with Gasteiger partial charge in [0, 0.05) is 16.9 Å². The van der Waals surface area contributed by atoms with E-state index in [1.165, 1.54) is 5.56 Å². The Labute approximate surface area is 213 Å². The number of unbranched alkanes of at least 4 members (excludes halogenated alkanes) is 1. The molecule has 2 N–H and O–H groups in total. The molecular weight excluding hydrogens is 485 g/mol. The van der Waals surface area contributed by atoms with Crippen LogP contribution in [-0.2, 0) is 16.0 Å². The number of imide groups is 1. The number of hydrogen-bond acceptors (Lipinski definition) is 4. The fourth-order valence-corrected chi connectivity index (χ4v) is 4.12. The fourth-order valence-electron chi connectivity index (χ4n) is 3.68. The van der Waals surface area contributed by atoms with Gasteiger partial charge in [0.1, 0.15) is 10.7 Å². The van der Waals surface area contributed by atoms with Crippen LogP contribution in [0.4, 0.5) is 17.1 Å². The van der Waals surface area contributed by atoms with Crippen LogP contribution in [0.1, 0.15) is 35.7 Å². The Morgan fingerprint density at radius 2 is 1.63 bits per heavy atom. The molecule has 0 fully saturated rings. The predicted molar refractivity (Wildman–Crippen MR) is 140 cm³/mol. The Morgan fingerprint density at radius 1 is 0.886 bits per heavy atom. The van der Waals surface area contributed by atoms with E-state index in [0.29, 0.717) is 16.9 Å². The van der Waals surface area contributed by atoms with Crippen molar-refractivity contribution in [1.29, 1.82) is 0 Å². The summed E-state index contributed by atoms with van der Waals surface area (Å²) < 4.78 is 0. The lowest BCUT2D eigenvalue weighted by molar-refractivity contribution is -0.120. The van der Waals surface area contributed by atoms with Gasteiger partial charge in [-0.15, -0.1) is 0 Å². The van der Waals surface area contributed by atoms with Gasteiger partial charge in [0.2, 0.25) is 0 Å². The molecule has 178 valence electrons. The summed E-state index contributed by atoms with van der Waals surface area (Å²) >= 11 is 12.4. The van der Waals surface area contributed by atoms with Gasteiger partial charge in [0.15, 0.2) is 0 Å². The van der Waals surface area contributed by atoms with Crippen LogP contribution >= 0.6 is 23.2 Å². The number of halogens is 2. The molecule has 3 amide bonds. The van der Waals surface area contributed by atoms with E-state index in [2.05, 4.69) is 17.6 Å². The number of hydrogen-bond donors (Lipinski definition) is 2. The van der Waals surface area contributed by atoms with Crippen molar-refractivity contribution in [3.05, 3.63) is 99.7 Å². The van der Waals surface area contributed by atoms with Crippen LogP contribution in [-0.4, -0.2) is 17.7 Å². The van der Waals surface area contributed by atoms with Gasteiger partial charge in [0.05, 0.1) is 10.7 Å². The van der Waals surface area contributed by atoms with Crippen LogP contribution in [0.2, 0.25) is 5.02 Å². The SMILES string of the molecule is CCCCc1ccc(NC(=O)c2cccc(NC3=C(Cl)C(=O)N(c4ccccc4Cl)C3=O)c2)cc1. The molecule has 0 atom stereocenters. The van der Waals surface area contributed by atoms with Crippen LogP contribution in [0.3, 0.4) is 0 Å². The topological polar surface area (TPSA) is 78.5 Å². The number of aryl methyl sites for hydroxylation is 1. The molecule has 3 aromatic rings. The Bertz CT molecular complexity index is 1320. The minimum atomic E-state index is -0.677. The fraction of sp³-hybridized carbons (Fsp3) is 0.148. The first kappa shape index (κ1) is 24.5. The van der Waals surface area contributed by atoms with Gasteiger partial charge in [-0.25, -0.2) is 4.90 Å². The molecule has 3 aromatic carbocycles. The van der Waals surface area contributed by atoms with Crippen molar-refractivity contribution in [3.8, 4) is 0 Å². The van der Waals surface area contributed by atoms with E-state index >= 15 is 0 Å². The summed E-state index contributed by atoms with van der Waals surface area (Å²) in [6, 6.07) is 20.9. The largest absolute Gasteiger partial charge is 0.350 e. The van der Waals surface area contributed by atoms with Gasteiger partial charge < -0.3 is 10.6 Å². The lowest BCUT2D eigenvalue weighted by atomic mass is 10.1. The van der Waals surface area contributed by atoms with E-state index in [4.69, 9.17) is 23.2 Å². The van der Waals surface area contributed by atoms with Crippen molar-refractivity contribution in [1.82, 2.24) is 0 Å². The maximum atomic E-state index is 13.0. The van der Waals surface area contributed by atoms with E-state index in [9.17, 15) is 14.4 Å². The number of nitrogens with zero attached hydrogens (tertiary/aromatic N) is 1. The molecule has 8 heteroatoms. The lowest BCUT2D eigenvalue weighted by Gasteiger charge is -2.16. The van der Waals surface area contributed by atoms with Gasteiger partial charge in [-0.2, -0.15) is 0 Å². The van der Waals surface area contributed by atoms with Gasteiger partial charge in [-0.05, 0) is 60.9 Å². The smallest absolute Gasteiger partial charge is 0.283 e. The summed E-state index contributed by atoms with van der Waals surface area (Å²) in [6.45, 7) is 2.15. The standard InChI is InChI=1S/C27H23Cl2N3O3/c1-2-3-7-17-12-14-19(15-13-17)31-25(33)18-8-6-9-20(16-18)30-24-23(29)26(34)32(27(24)35)22-11-5-4-10-21(22)28/h4-6,8-16,30H,2-3,7H2,1H3,(H,31,33). The molecule has 1 heterocycles. The average molecular weight is 508 g/mol. The number of carbonyl (C=O) groups is 3. The number of anilines is 3. The molecule has 0 aromatic heterocycles. The van der Waals surface area contributed by atoms with Gasteiger partial charge in [-0.3, -0.25) is 14.4 Å². The van der Waals surface area contributed by atoms with E-state index in [1.54, 1.807) is 48.5 Å². The minimum absolute atomic E-state index is 0.0863. The molecule has 0 saturated carbocycles. The Morgan fingerprint density at radius 3 is 2.34 bits per heavy atom. The van der Waals surface area contributed by atoms with Gasteiger partial charge in [-0.1, -0.05) is 66.9 Å². The molecule has 0 radical (unpaired) electrons. The summed E-state index contributed by atoms with van der Waals surface area (Å²) in [4.78, 5) is 39.4. The number of amides is 3. The van der Waals surface area contributed by atoms with Crippen molar-refractivity contribution >= 4 is 58.0 Å². The lowest BCUT2D eigenvalue weighted by Crippen LogP contribution is -2.32. The molecule has 0 unspecified atom stereocenters. The second-order valence-electron chi connectivity index (χ2n) is 8.05. The zero-order chi connectivity index (χ0) is 24.9. The number of rotatable bonds is 8. The second-order valence-corrected chi connectivity index (χ2v) is 8.83. The summed E-state index contributed by atoms with van der Waals surface area (Å²) in [5.41, 5.74) is 2.88. The first-order valence-electron chi connectivity index (χ1n) is 11.2. The highest BCUT2D eigenvalue weighted by Gasteiger charge is 2.39. The quantitative estimate of drug-likeness (QED) is 0.347. The third-order valence-electron chi connectivity index (χ3n) is 5.55. The number of benzene rings is 3. The number of nitrogens with one attached hydrogen (secondary N) is 2. The van der Waals surface area contributed by atoms with Gasteiger partial charge in [0.25, 0.3) is 17.7 Å². The number of para-hydroxylation sites is 1. The second kappa shape index (κ2) is 10.8. The predicted octanol–water partition coefficient (Wildman–Crippen LogP) is 6.37. The highest BCUT2D eigenvalue weighted by Crippen LogP contribution is 2.34. The molecule has 0 saturated heterocycles. The normalized spacial score (nSPS) is 13.4. The van der Waals surface area contributed by atoms with Crippen LogP contribution in [0.15, 0.2) is 83.5 Å². The maximum absolute atomic E-state index is 13.0. The van der Waals surface area contributed by atoms with Gasteiger partial charge >= 0.3 is 0 Å². The molecule has 0 aliphatic carbocycles.